The van der Waals surface area contributed by atoms with Gasteiger partial charge in [-0.2, -0.15) is 13.2 Å². The number of nitrogens with one attached hydrogen (secondary N) is 3. The number of quaternary nitrogens is 1. The van der Waals surface area contributed by atoms with Gasteiger partial charge in [0.1, 0.15) is 5.49 Å². The number of nitrogens with two attached hydrogens (primary N) is 1. The van der Waals surface area contributed by atoms with E-state index >= 15 is 0 Å². The topological polar surface area (TPSA) is 128 Å². The molecule has 44 heavy (non-hydrogen) atoms. The largest absolute Gasteiger partial charge is 0.493 e. The fourth-order valence-corrected chi connectivity index (χ4v) is 5.96. The van der Waals surface area contributed by atoms with E-state index in [0.29, 0.717) is 42.3 Å². The smallest absolute Gasteiger partial charge is 0.438 e. The minimum Gasteiger partial charge on any atom is -0.493 e. The summed E-state index contributed by atoms with van der Waals surface area (Å²) in [5, 5.41) is 2.50. The molecule has 1 unspecified atom stereocenters. The number of hydrogen-bond donors (Lipinski definition) is 4. The lowest BCUT2D eigenvalue weighted by molar-refractivity contribution is -0.741. The van der Waals surface area contributed by atoms with Gasteiger partial charge in [0.25, 0.3) is 5.91 Å². The molecule has 1 aliphatic carbocycles. The Morgan fingerprint density at radius 2 is 1.98 bits per heavy atom. The Balaban J connectivity index is 1.58. The van der Waals surface area contributed by atoms with Crippen molar-refractivity contribution in [1.29, 1.82) is 0 Å². The third-order valence-electron chi connectivity index (χ3n) is 7.88. The van der Waals surface area contributed by atoms with Gasteiger partial charge in [0.15, 0.2) is 17.2 Å². The lowest BCUT2D eigenvalue weighted by Crippen LogP contribution is -2.97. The molecule has 14 heteroatoms. The van der Waals surface area contributed by atoms with Gasteiger partial charge in [-0.15, -0.1) is 5.53 Å². The molecule has 1 atom stereocenters. The minimum atomic E-state index is -4.73. The van der Waals surface area contributed by atoms with E-state index in [-0.39, 0.29) is 24.7 Å². The zero-order chi connectivity index (χ0) is 31.8. The van der Waals surface area contributed by atoms with E-state index in [1.807, 2.05) is 37.5 Å². The second-order valence-electron chi connectivity index (χ2n) is 11.0. The van der Waals surface area contributed by atoms with E-state index in [4.69, 9.17) is 14.5 Å². The van der Waals surface area contributed by atoms with Crippen LogP contribution in [0.3, 0.4) is 0 Å². The minimum absolute atomic E-state index is 0.00943. The van der Waals surface area contributed by atoms with Gasteiger partial charge in [-0.3, -0.25) is 13.9 Å². The molecule has 0 saturated heterocycles. The van der Waals surface area contributed by atoms with Crippen molar-refractivity contribution in [3.8, 4) is 22.8 Å². The maximum absolute atomic E-state index is 14.0. The van der Waals surface area contributed by atoms with Crippen molar-refractivity contribution in [3.63, 3.8) is 0 Å². The number of carbonyl (C=O) groups is 1. The zero-order valence-electron chi connectivity index (χ0n) is 25.3. The van der Waals surface area contributed by atoms with Crippen molar-refractivity contribution in [2.75, 3.05) is 20.3 Å². The summed E-state index contributed by atoms with van der Waals surface area (Å²) in [6.45, 7) is 8.79. The van der Waals surface area contributed by atoms with Crippen molar-refractivity contribution in [3.05, 3.63) is 74.0 Å². The summed E-state index contributed by atoms with van der Waals surface area (Å²) < 4.78 is 54.4. The highest BCUT2D eigenvalue weighted by Crippen LogP contribution is 2.38. The van der Waals surface area contributed by atoms with Crippen LogP contribution in [-0.2, 0) is 24.3 Å². The average molecular weight is 617 g/mol. The average Bonchev–Trinajstić information content (AvgIpc) is 3.47. The number of amides is 1. The van der Waals surface area contributed by atoms with Crippen LogP contribution in [-0.4, -0.2) is 41.5 Å². The lowest BCUT2D eigenvalue weighted by atomic mass is 9.90. The number of aromatic nitrogens is 2. The Bertz CT molecular complexity index is 1720. The first-order valence-electron chi connectivity index (χ1n) is 14.5. The SMILES string of the molecule is CCOc1cc2c(cc1OC)-c1cc(=NC3=C(C)C=C(C)CC3C)n(CCNC(=O)C3=C(C(F)(F)F)N[NH2+]N3)c(=O)n1CC2. The molecular formula is C30H37F3N7O4+. The first-order chi connectivity index (χ1) is 20.9. The van der Waals surface area contributed by atoms with Gasteiger partial charge in [0, 0.05) is 42.9 Å². The van der Waals surface area contributed by atoms with E-state index in [1.54, 1.807) is 11.7 Å². The molecule has 0 radical (unpaired) electrons. The van der Waals surface area contributed by atoms with E-state index in [0.717, 1.165) is 34.4 Å². The third kappa shape index (κ3) is 5.98. The number of allylic oxidation sites excluding steroid dienone is 5. The van der Waals surface area contributed by atoms with Gasteiger partial charge in [0.05, 0.1) is 19.4 Å². The van der Waals surface area contributed by atoms with E-state index < -0.39 is 23.5 Å². The van der Waals surface area contributed by atoms with Gasteiger partial charge >= 0.3 is 11.9 Å². The molecule has 5 rings (SSSR count). The molecule has 1 amide bonds. The summed E-state index contributed by atoms with van der Waals surface area (Å²) in [6, 6.07) is 5.65. The number of aryl methyl sites for hydroxylation is 1. The number of alkyl halides is 3. The molecule has 2 aromatic rings. The molecule has 0 fully saturated rings. The maximum Gasteiger partial charge on any atom is 0.438 e. The van der Waals surface area contributed by atoms with Crippen molar-refractivity contribution >= 4 is 5.91 Å². The van der Waals surface area contributed by atoms with Crippen LogP contribution in [0.5, 0.6) is 11.5 Å². The molecule has 5 N–H and O–H groups in total. The number of benzene rings is 1. The van der Waals surface area contributed by atoms with Gasteiger partial charge in [-0.05, 0) is 56.9 Å². The van der Waals surface area contributed by atoms with Gasteiger partial charge in [-0.1, -0.05) is 18.6 Å². The molecule has 3 aliphatic rings. The van der Waals surface area contributed by atoms with Crippen molar-refractivity contribution < 1.29 is 33.0 Å². The summed E-state index contributed by atoms with van der Waals surface area (Å²) >= 11 is 0. The number of carbonyl (C=O) groups excluding carboxylic acids is 1. The molecule has 0 bridgehead atoms. The molecule has 236 valence electrons. The van der Waals surface area contributed by atoms with Crippen LogP contribution in [0, 0.1) is 5.92 Å². The fraction of sp³-hybridized carbons (Fsp3) is 0.433. The first-order valence-corrected chi connectivity index (χ1v) is 14.5. The highest BCUT2D eigenvalue weighted by atomic mass is 19.4. The molecular weight excluding hydrogens is 579 g/mol. The Morgan fingerprint density at radius 1 is 1.20 bits per heavy atom. The number of ether oxygens (including phenoxy) is 2. The molecule has 0 spiro atoms. The van der Waals surface area contributed by atoms with Crippen molar-refractivity contribution in [2.45, 2.75) is 59.8 Å². The van der Waals surface area contributed by atoms with Crippen LogP contribution in [0.1, 0.15) is 39.7 Å². The number of fused-ring (bicyclic) bond motifs is 3. The quantitative estimate of drug-likeness (QED) is 0.336. The van der Waals surface area contributed by atoms with Gasteiger partial charge < -0.3 is 14.8 Å². The molecule has 0 saturated carbocycles. The first kappa shape index (κ1) is 31.0. The number of rotatable bonds is 8. The Kier molecular flexibility index (Phi) is 8.64. The third-order valence-corrected chi connectivity index (χ3v) is 7.88. The summed E-state index contributed by atoms with van der Waals surface area (Å²) in [7, 11) is 1.56. The van der Waals surface area contributed by atoms with Crippen LogP contribution in [0.25, 0.3) is 11.3 Å². The number of halogens is 3. The summed E-state index contributed by atoms with van der Waals surface area (Å²) in [5.41, 5.74) is 9.09. The Labute approximate surface area is 252 Å². The number of hydrogen-bond acceptors (Lipinski definition) is 7. The van der Waals surface area contributed by atoms with Gasteiger partial charge in [-0.25, -0.2) is 20.6 Å². The van der Waals surface area contributed by atoms with Crippen molar-refractivity contribution in [1.82, 2.24) is 25.3 Å². The van der Waals surface area contributed by atoms with E-state index in [1.165, 1.54) is 10.1 Å². The lowest BCUT2D eigenvalue weighted by Gasteiger charge is -2.25. The van der Waals surface area contributed by atoms with Crippen LogP contribution in [0.15, 0.2) is 62.3 Å². The number of methoxy groups -OCH3 is 1. The molecule has 1 aromatic carbocycles. The van der Waals surface area contributed by atoms with Crippen LogP contribution in [0.4, 0.5) is 13.2 Å². The van der Waals surface area contributed by atoms with Gasteiger partial charge in [0.2, 0.25) is 5.70 Å². The van der Waals surface area contributed by atoms with E-state index in [9.17, 15) is 22.8 Å². The van der Waals surface area contributed by atoms with Crippen LogP contribution in [0.2, 0.25) is 0 Å². The zero-order valence-corrected chi connectivity index (χ0v) is 25.3. The second kappa shape index (κ2) is 12.3. The predicted octanol–water partition coefficient (Wildman–Crippen LogP) is 1.92. The van der Waals surface area contributed by atoms with Crippen LogP contribution >= 0.6 is 0 Å². The molecule has 11 nitrogen and oxygen atoms in total. The fourth-order valence-electron chi connectivity index (χ4n) is 5.96. The highest BCUT2D eigenvalue weighted by molar-refractivity contribution is 5.93. The van der Waals surface area contributed by atoms with Crippen molar-refractivity contribution in [2.24, 2.45) is 10.9 Å². The normalized spacial score (nSPS) is 18.3. The van der Waals surface area contributed by atoms with E-state index in [2.05, 4.69) is 30.7 Å². The number of nitrogens with zero attached hydrogens (tertiary/aromatic N) is 3. The summed E-state index contributed by atoms with van der Waals surface area (Å²) in [4.78, 5) is 31.7. The molecule has 2 aliphatic heterocycles. The Morgan fingerprint density at radius 3 is 2.66 bits per heavy atom. The second-order valence-corrected chi connectivity index (χ2v) is 11.0. The molecule has 3 heterocycles. The Hall–Kier alpha value is -4.46. The maximum atomic E-state index is 14.0. The monoisotopic (exact) mass is 616 g/mol. The predicted molar refractivity (Wildman–Crippen MR) is 156 cm³/mol. The molecule has 1 aromatic heterocycles. The highest BCUT2D eigenvalue weighted by Gasteiger charge is 2.43. The van der Waals surface area contributed by atoms with Crippen LogP contribution < -0.4 is 42.4 Å². The standard InChI is InChI=1S/C30H36F3N7O4/c1-6-44-23-13-19-7-9-39-21(20(19)14-22(23)43-5)15-24(35-25-17(3)11-16(2)12-18(25)4)40(29(39)42)10-8-34-28(41)26-27(30(31,32)33)37-38-36-26/h11,13-15,18,36-38H,6-10,12H2,1-5H3,(H,34,41)/p+1. The summed E-state index contributed by atoms with van der Waals surface area (Å²) in [6.07, 6.45) is -1.25. The summed E-state index contributed by atoms with van der Waals surface area (Å²) in [5.74, 6) is 0.340.